The lowest BCUT2D eigenvalue weighted by Gasteiger charge is -2.38. The molecule has 2 rings (SSSR count). The molecule has 3 amide bonds. The highest BCUT2D eigenvalue weighted by Crippen LogP contribution is 2.26. The van der Waals surface area contributed by atoms with Crippen LogP contribution < -0.4 is 16.9 Å². The maximum atomic E-state index is 13.3. The normalized spacial score (nSPS) is 12.2. The molecule has 0 aromatic heterocycles. The molecule has 0 aliphatic heterocycles. The first-order valence-electron chi connectivity index (χ1n) is 9.02. The number of anilines is 1. The molecule has 2 aromatic carbocycles. The van der Waals surface area contributed by atoms with Crippen LogP contribution in [0, 0.1) is 5.41 Å². The first-order valence-corrected chi connectivity index (χ1v) is 9.81. The molecule has 154 valence electrons. The number of benzene rings is 2. The second-order valence-corrected chi connectivity index (χ2v) is 8.66. The van der Waals surface area contributed by atoms with Crippen LogP contribution in [-0.4, -0.2) is 28.8 Å². The van der Waals surface area contributed by atoms with E-state index in [0.29, 0.717) is 10.0 Å². The number of rotatable bonds is 4. The number of nitrogens with two attached hydrogens (primary N) is 2. The number of halogens is 1. The van der Waals surface area contributed by atoms with Gasteiger partial charge in [0.05, 0.1) is 17.2 Å². The molecule has 0 saturated heterocycles. The van der Waals surface area contributed by atoms with E-state index in [-0.39, 0.29) is 28.3 Å². The van der Waals surface area contributed by atoms with Crippen LogP contribution in [0.15, 0.2) is 46.9 Å². The van der Waals surface area contributed by atoms with Crippen molar-refractivity contribution in [3.8, 4) is 0 Å². The third-order valence-electron chi connectivity index (χ3n) is 4.77. The summed E-state index contributed by atoms with van der Waals surface area (Å²) in [6, 6.07) is 10.8. The molecule has 0 aliphatic rings. The van der Waals surface area contributed by atoms with Gasteiger partial charge in [-0.2, -0.15) is 0 Å². The lowest BCUT2D eigenvalue weighted by atomic mass is 9.87. The molecule has 0 spiro atoms. The van der Waals surface area contributed by atoms with Gasteiger partial charge < -0.3 is 11.5 Å². The number of hydrogen-bond donors (Lipinski definition) is 3. The summed E-state index contributed by atoms with van der Waals surface area (Å²) in [5.41, 5.74) is 14.5. The number of primary amides is 1. The van der Waals surface area contributed by atoms with Crippen LogP contribution in [0.1, 0.15) is 58.8 Å². The Labute approximate surface area is 178 Å². The summed E-state index contributed by atoms with van der Waals surface area (Å²) in [5, 5.41) is 1.28. The predicted molar refractivity (Wildman–Crippen MR) is 116 cm³/mol. The zero-order valence-electron chi connectivity index (χ0n) is 16.8. The van der Waals surface area contributed by atoms with Crippen LogP contribution in [0.2, 0.25) is 0 Å². The first kappa shape index (κ1) is 22.4. The second kappa shape index (κ2) is 8.65. The van der Waals surface area contributed by atoms with E-state index >= 15 is 0 Å². The Kier molecular flexibility index (Phi) is 6.69. The van der Waals surface area contributed by atoms with Gasteiger partial charge in [-0.15, -0.1) is 0 Å². The van der Waals surface area contributed by atoms with Gasteiger partial charge >= 0.3 is 0 Å². The standard InChI is InChI=1S/C21H25BrN4O3/c1-12(21(2,3)4)26(25-19(28)14-7-5-6-8-16(14)22)20(29)15-10-9-13(18(24)27)11-17(15)23/h5-12H,23H2,1-4H3,(H2,24,27)(H,25,28). The molecule has 1 unspecified atom stereocenters. The zero-order valence-corrected chi connectivity index (χ0v) is 18.4. The number of amides is 3. The van der Waals surface area contributed by atoms with Gasteiger partial charge in [-0.3, -0.25) is 19.8 Å². The molecule has 5 N–H and O–H groups in total. The Morgan fingerprint density at radius 1 is 1.07 bits per heavy atom. The van der Waals surface area contributed by atoms with E-state index in [9.17, 15) is 14.4 Å². The van der Waals surface area contributed by atoms with Gasteiger partial charge in [0.2, 0.25) is 5.91 Å². The Balaban J connectivity index is 2.43. The van der Waals surface area contributed by atoms with Gasteiger partial charge in [0.1, 0.15) is 0 Å². The highest BCUT2D eigenvalue weighted by molar-refractivity contribution is 9.10. The topological polar surface area (TPSA) is 119 Å². The van der Waals surface area contributed by atoms with Gasteiger partial charge in [-0.1, -0.05) is 32.9 Å². The number of carbonyl (C=O) groups is 3. The molecule has 0 heterocycles. The van der Waals surface area contributed by atoms with Gasteiger partial charge in [0.15, 0.2) is 0 Å². The third-order valence-corrected chi connectivity index (χ3v) is 5.46. The van der Waals surface area contributed by atoms with Crippen LogP contribution >= 0.6 is 15.9 Å². The van der Waals surface area contributed by atoms with Crippen molar-refractivity contribution >= 4 is 39.3 Å². The fourth-order valence-electron chi connectivity index (χ4n) is 2.57. The third kappa shape index (κ3) is 5.14. The molecule has 2 aromatic rings. The fraction of sp³-hybridized carbons (Fsp3) is 0.286. The number of hydrazine groups is 1. The predicted octanol–water partition coefficient (Wildman–Crippen LogP) is 3.35. The van der Waals surface area contributed by atoms with Crippen LogP contribution in [0.4, 0.5) is 5.69 Å². The maximum absolute atomic E-state index is 13.3. The number of nitrogens with one attached hydrogen (secondary N) is 1. The van der Waals surface area contributed by atoms with E-state index in [1.165, 1.54) is 23.2 Å². The Hall–Kier alpha value is -2.87. The van der Waals surface area contributed by atoms with Crippen LogP contribution in [-0.2, 0) is 0 Å². The first-order chi connectivity index (χ1) is 13.4. The van der Waals surface area contributed by atoms with Crippen molar-refractivity contribution in [1.82, 2.24) is 10.4 Å². The molecule has 0 bridgehead atoms. The van der Waals surface area contributed by atoms with Crippen molar-refractivity contribution in [3.05, 3.63) is 63.6 Å². The number of carbonyl (C=O) groups excluding carboxylic acids is 3. The summed E-state index contributed by atoms with van der Waals surface area (Å²) in [6.07, 6.45) is 0. The monoisotopic (exact) mass is 460 g/mol. The molecular weight excluding hydrogens is 436 g/mol. The van der Waals surface area contributed by atoms with E-state index < -0.39 is 17.7 Å². The van der Waals surface area contributed by atoms with Gasteiger partial charge in [0, 0.05) is 15.7 Å². The SMILES string of the molecule is CC(N(NC(=O)c1ccccc1Br)C(=O)c1ccc(C(N)=O)cc1N)C(C)(C)C. The van der Waals surface area contributed by atoms with Crippen molar-refractivity contribution in [1.29, 1.82) is 0 Å². The van der Waals surface area contributed by atoms with Crippen molar-refractivity contribution in [2.75, 3.05) is 5.73 Å². The summed E-state index contributed by atoms with van der Waals surface area (Å²) in [6.45, 7) is 7.72. The number of nitrogens with zero attached hydrogens (tertiary/aromatic N) is 1. The molecule has 8 heteroatoms. The average molecular weight is 461 g/mol. The highest BCUT2D eigenvalue weighted by Gasteiger charge is 2.33. The minimum absolute atomic E-state index is 0.104. The smallest absolute Gasteiger partial charge is 0.274 e. The Morgan fingerprint density at radius 3 is 2.21 bits per heavy atom. The number of nitrogen functional groups attached to an aromatic ring is 1. The zero-order chi connectivity index (χ0) is 21.9. The van der Waals surface area contributed by atoms with Crippen LogP contribution in [0.25, 0.3) is 0 Å². The molecular formula is C21H25BrN4O3. The molecule has 1 atom stereocenters. The minimum atomic E-state index is -0.641. The average Bonchev–Trinajstić information content (AvgIpc) is 2.64. The van der Waals surface area contributed by atoms with Crippen molar-refractivity contribution in [2.45, 2.75) is 33.7 Å². The minimum Gasteiger partial charge on any atom is -0.398 e. The molecule has 7 nitrogen and oxygen atoms in total. The van der Waals surface area contributed by atoms with Crippen molar-refractivity contribution in [2.24, 2.45) is 11.1 Å². The summed E-state index contributed by atoms with van der Waals surface area (Å²) < 4.78 is 0.610. The quantitative estimate of drug-likeness (QED) is 0.478. The lowest BCUT2D eigenvalue weighted by molar-refractivity contribution is 0.0337. The molecule has 0 fully saturated rings. The molecule has 29 heavy (non-hydrogen) atoms. The summed E-state index contributed by atoms with van der Waals surface area (Å²) in [7, 11) is 0. The van der Waals surface area contributed by atoms with E-state index in [4.69, 9.17) is 11.5 Å². The van der Waals surface area contributed by atoms with Gasteiger partial charge in [-0.05, 0) is 58.6 Å². The molecule has 0 radical (unpaired) electrons. The summed E-state index contributed by atoms with van der Waals surface area (Å²) in [5.74, 6) is -1.56. The van der Waals surface area contributed by atoms with E-state index in [1.54, 1.807) is 24.3 Å². The van der Waals surface area contributed by atoms with E-state index in [1.807, 2.05) is 27.7 Å². The van der Waals surface area contributed by atoms with E-state index in [2.05, 4.69) is 21.4 Å². The van der Waals surface area contributed by atoms with Crippen molar-refractivity contribution in [3.63, 3.8) is 0 Å². The number of hydrogen-bond acceptors (Lipinski definition) is 4. The van der Waals surface area contributed by atoms with E-state index in [0.717, 1.165) is 0 Å². The summed E-state index contributed by atoms with van der Waals surface area (Å²) >= 11 is 3.35. The Morgan fingerprint density at radius 2 is 1.69 bits per heavy atom. The van der Waals surface area contributed by atoms with Gasteiger partial charge in [0.25, 0.3) is 11.8 Å². The lowest BCUT2D eigenvalue weighted by Crippen LogP contribution is -2.55. The highest BCUT2D eigenvalue weighted by atomic mass is 79.9. The van der Waals surface area contributed by atoms with Crippen molar-refractivity contribution < 1.29 is 14.4 Å². The largest absolute Gasteiger partial charge is 0.398 e. The molecule has 0 aliphatic carbocycles. The maximum Gasteiger partial charge on any atom is 0.274 e. The fourth-order valence-corrected chi connectivity index (χ4v) is 3.03. The van der Waals surface area contributed by atoms with Gasteiger partial charge in [-0.25, -0.2) is 5.01 Å². The molecule has 0 saturated carbocycles. The van der Waals surface area contributed by atoms with Crippen LogP contribution in [0.5, 0.6) is 0 Å². The summed E-state index contributed by atoms with van der Waals surface area (Å²) in [4.78, 5) is 37.5. The Bertz CT molecular complexity index is 953. The van der Waals surface area contributed by atoms with Crippen LogP contribution in [0.3, 0.4) is 0 Å². The second-order valence-electron chi connectivity index (χ2n) is 7.80.